The number of aromatic nitrogens is 1. The minimum atomic E-state index is 0.342. The Labute approximate surface area is 116 Å². The predicted molar refractivity (Wildman–Crippen MR) is 81.5 cm³/mol. The summed E-state index contributed by atoms with van der Waals surface area (Å²) in [5, 5.41) is 3.55. The van der Waals surface area contributed by atoms with E-state index >= 15 is 0 Å². The van der Waals surface area contributed by atoms with Gasteiger partial charge in [0.1, 0.15) is 5.82 Å². The fraction of sp³-hybridized carbons (Fsp3) is 0.562. The van der Waals surface area contributed by atoms with E-state index in [-0.39, 0.29) is 0 Å². The molecule has 0 amide bonds. The topological polar surface area (TPSA) is 28.2 Å². The van der Waals surface area contributed by atoms with E-state index in [4.69, 9.17) is 0 Å². The van der Waals surface area contributed by atoms with Crippen molar-refractivity contribution in [3.63, 3.8) is 0 Å². The summed E-state index contributed by atoms with van der Waals surface area (Å²) in [7, 11) is 0. The lowest BCUT2D eigenvalue weighted by Crippen LogP contribution is -2.30. The zero-order valence-corrected chi connectivity index (χ0v) is 12.1. The molecule has 1 aliphatic rings. The molecule has 1 saturated carbocycles. The molecule has 0 radical (unpaired) electrons. The summed E-state index contributed by atoms with van der Waals surface area (Å²) in [5.41, 5.74) is 1.30. The summed E-state index contributed by atoms with van der Waals surface area (Å²) in [6, 6.07) is 5.22. The SMILES string of the molecule is C=CCN(c1ncccc1C(C)NCCC)C1CC1. The van der Waals surface area contributed by atoms with Gasteiger partial charge in [-0.1, -0.05) is 19.1 Å². The van der Waals surface area contributed by atoms with Crippen molar-refractivity contribution in [2.45, 2.75) is 45.2 Å². The summed E-state index contributed by atoms with van der Waals surface area (Å²) in [5.74, 6) is 1.13. The molecule has 19 heavy (non-hydrogen) atoms. The molecule has 0 saturated heterocycles. The van der Waals surface area contributed by atoms with Crippen molar-refractivity contribution in [3.05, 3.63) is 36.5 Å². The quantitative estimate of drug-likeness (QED) is 0.726. The molecule has 104 valence electrons. The Morgan fingerprint density at radius 1 is 1.58 bits per heavy atom. The van der Waals surface area contributed by atoms with E-state index < -0.39 is 0 Å². The van der Waals surface area contributed by atoms with Gasteiger partial charge < -0.3 is 10.2 Å². The van der Waals surface area contributed by atoms with E-state index in [1.807, 2.05) is 18.3 Å². The van der Waals surface area contributed by atoms with Crippen molar-refractivity contribution in [2.24, 2.45) is 0 Å². The van der Waals surface area contributed by atoms with Crippen LogP contribution in [-0.2, 0) is 0 Å². The van der Waals surface area contributed by atoms with Crippen molar-refractivity contribution in [1.82, 2.24) is 10.3 Å². The molecule has 1 atom stereocenters. The average Bonchev–Trinajstić information content (AvgIpc) is 3.26. The van der Waals surface area contributed by atoms with Crippen LogP contribution in [0.4, 0.5) is 5.82 Å². The molecular weight excluding hydrogens is 234 g/mol. The Bertz CT molecular complexity index is 412. The first-order valence-corrected chi connectivity index (χ1v) is 7.33. The summed E-state index contributed by atoms with van der Waals surface area (Å²) in [4.78, 5) is 7.02. The fourth-order valence-electron chi connectivity index (χ4n) is 2.39. The van der Waals surface area contributed by atoms with Crippen LogP contribution in [0.15, 0.2) is 31.0 Å². The van der Waals surface area contributed by atoms with Gasteiger partial charge in [0.25, 0.3) is 0 Å². The van der Waals surface area contributed by atoms with Crippen LogP contribution < -0.4 is 10.2 Å². The van der Waals surface area contributed by atoms with Crippen LogP contribution in [-0.4, -0.2) is 24.1 Å². The molecule has 0 bridgehead atoms. The summed E-state index contributed by atoms with van der Waals surface area (Å²) in [6.07, 6.45) is 7.57. The summed E-state index contributed by atoms with van der Waals surface area (Å²) >= 11 is 0. The van der Waals surface area contributed by atoms with Crippen molar-refractivity contribution in [2.75, 3.05) is 18.0 Å². The minimum absolute atomic E-state index is 0.342. The minimum Gasteiger partial charge on any atom is -0.350 e. The highest BCUT2D eigenvalue weighted by Gasteiger charge is 2.31. The maximum atomic E-state index is 4.63. The average molecular weight is 259 g/mol. The lowest BCUT2D eigenvalue weighted by Gasteiger charge is -2.26. The van der Waals surface area contributed by atoms with Gasteiger partial charge in [-0.3, -0.25) is 0 Å². The number of hydrogen-bond acceptors (Lipinski definition) is 3. The van der Waals surface area contributed by atoms with Crippen LogP contribution >= 0.6 is 0 Å². The molecule has 1 aromatic heterocycles. The zero-order valence-electron chi connectivity index (χ0n) is 12.1. The smallest absolute Gasteiger partial charge is 0.133 e. The monoisotopic (exact) mass is 259 g/mol. The Hall–Kier alpha value is -1.35. The molecular formula is C16H25N3. The molecule has 3 nitrogen and oxygen atoms in total. The number of anilines is 1. The van der Waals surface area contributed by atoms with Crippen molar-refractivity contribution < 1.29 is 0 Å². The first-order chi connectivity index (χ1) is 9.27. The fourth-order valence-corrected chi connectivity index (χ4v) is 2.39. The molecule has 2 rings (SSSR count). The summed E-state index contributed by atoms with van der Waals surface area (Å²) in [6.45, 7) is 10.2. The second-order valence-electron chi connectivity index (χ2n) is 5.26. The molecule has 1 unspecified atom stereocenters. The normalized spacial score (nSPS) is 16.1. The molecule has 1 fully saturated rings. The Balaban J connectivity index is 2.20. The van der Waals surface area contributed by atoms with Crippen LogP contribution in [0.1, 0.15) is 44.7 Å². The first-order valence-electron chi connectivity index (χ1n) is 7.33. The molecule has 1 aromatic rings. The number of hydrogen-bond donors (Lipinski definition) is 1. The van der Waals surface area contributed by atoms with Gasteiger partial charge in [0.15, 0.2) is 0 Å². The van der Waals surface area contributed by atoms with Crippen molar-refractivity contribution in [1.29, 1.82) is 0 Å². The molecule has 1 aliphatic carbocycles. The number of nitrogens with zero attached hydrogens (tertiary/aromatic N) is 2. The highest BCUT2D eigenvalue weighted by Crippen LogP contribution is 2.34. The van der Waals surface area contributed by atoms with Crippen LogP contribution in [0.3, 0.4) is 0 Å². The van der Waals surface area contributed by atoms with Gasteiger partial charge in [0.2, 0.25) is 0 Å². The predicted octanol–water partition coefficient (Wildman–Crippen LogP) is 3.30. The lowest BCUT2D eigenvalue weighted by molar-refractivity contribution is 0.567. The second-order valence-corrected chi connectivity index (χ2v) is 5.26. The highest BCUT2D eigenvalue weighted by molar-refractivity contribution is 5.50. The van der Waals surface area contributed by atoms with Crippen molar-refractivity contribution in [3.8, 4) is 0 Å². The summed E-state index contributed by atoms with van der Waals surface area (Å²) < 4.78 is 0. The van der Waals surface area contributed by atoms with Crippen LogP contribution in [0.2, 0.25) is 0 Å². The third-order valence-corrected chi connectivity index (χ3v) is 3.57. The van der Waals surface area contributed by atoms with E-state index in [0.717, 1.165) is 25.3 Å². The van der Waals surface area contributed by atoms with E-state index in [0.29, 0.717) is 12.1 Å². The van der Waals surface area contributed by atoms with Crippen LogP contribution in [0, 0.1) is 0 Å². The van der Waals surface area contributed by atoms with Gasteiger partial charge in [-0.2, -0.15) is 0 Å². The van der Waals surface area contributed by atoms with Gasteiger partial charge in [-0.15, -0.1) is 6.58 Å². The first kappa shape index (κ1) is 14.1. The Morgan fingerprint density at radius 3 is 3.00 bits per heavy atom. The molecule has 1 N–H and O–H groups in total. The van der Waals surface area contributed by atoms with Gasteiger partial charge in [-0.25, -0.2) is 4.98 Å². The number of nitrogens with one attached hydrogen (secondary N) is 1. The maximum absolute atomic E-state index is 4.63. The second kappa shape index (κ2) is 6.71. The number of pyridine rings is 1. The zero-order chi connectivity index (χ0) is 13.7. The standard InChI is InChI=1S/C16H25N3/c1-4-10-17-13(3)15-7-6-11-18-16(15)19(12-5-2)14-8-9-14/h5-7,11,13-14,17H,2,4,8-10,12H2,1,3H3. The van der Waals surface area contributed by atoms with Crippen molar-refractivity contribution >= 4 is 5.82 Å². The maximum Gasteiger partial charge on any atom is 0.133 e. The Kier molecular flexibility index (Phi) is 4.97. The number of rotatable bonds is 8. The molecule has 0 spiro atoms. The van der Waals surface area contributed by atoms with Gasteiger partial charge in [0, 0.05) is 30.4 Å². The molecule has 1 heterocycles. The third-order valence-electron chi connectivity index (χ3n) is 3.57. The van der Waals surface area contributed by atoms with Gasteiger partial charge in [-0.05, 0) is 38.8 Å². The molecule has 3 heteroatoms. The lowest BCUT2D eigenvalue weighted by atomic mass is 10.1. The van der Waals surface area contributed by atoms with Crippen LogP contribution in [0.5, 0.6) is 0 Å². The van der Waals surface area contributed by atoms with Crippen LogP contribution in [0.25, 0.3) is 0 Å². The largest absolute Gasteiger partial charge is 0.350 e. The van der Waals surface area contributed by atoms with Gasteiger partial charge in [0.05, 0.1) is 0 Å². The third kappa shape index (κ3) is 3.57. The Morgan fingerprint density at radius 2 is 2.37 bits per heavy atom. The van der Waals surface area contributed by atoms with E-state index in [1.54, 1.807) is 0 Å². The van der Waals surface area contributed by atoms with Gasteiger partial charge >= 0.3 is 0 Å². The van der Waals surface area contributed by atoms with E-state index in [1.165, 1.54) is 18.4 Å². The van der Waals surface area contributed by atoms with E-state index in [2.05, 4.69) is 41.7 Å². The van der Waals surface area contributed by atoms with E-state index in [9.17, 15) is 0 Å². The molecule has 0 aromatic carbocycles. The highest BCUT2D eigenvalue weighted by atomic mass is 15.2. The molecule has 0 aliphatic heterocycles.